The van der Waals surface area contributed by atoms with Gasteiger partial charge in [0.2, 0.25) is 0 Å². The van der Waals surface area contributed by atoms with Gasteiger partial charge in [-0.05, 0) is 0 Å². The van der Waals surface area contributed by atoms with Gasteiger partial charge in [0, 0.05) is 52.7 Å². The van der Waals surface area contributed by atoms with Crippen molar-refractivity contribution in [3.8, 4) is 0 Å². The quantitative estimate of drug-likeness (QED) is 0.357. The first-order chi connectivity index (χ1) is 1.41. The smallest absolute Gasteiger partial charge is 0 e. The Morgan fingerprint density at radius 1 is 1.20 bits per heavy atom. The van der Waals surface area contributed by atoms with Gasteiger partial charge in [-0.15, -0.1) is 0 Å². The third kappa shape index (κ3) is 28.4. The van der Waals surface area contributed by atoms with Crippen molar-refractivity contribution in [1.29, 1.82) is 0 Å². The van der Waals surface area contributed by atoms with Crippen molar-refractivity contribution in [2.75, 3.05) is 0 Å². The second-order valence-electron chi connectivity index (χ2n) is 0.0816. The second kappa shape index (κ2) is 17.5. The second-order valence-corrected chi connectivity index (χ2v) is 0.0816. The van der Waals surface area contributed by atoms with Gasteiger partial charge in [0.1, 0.15) is 0 Å². The molecule has 0 saturated carbocycles. The van der Waals surface area contributed by atoms with Gasteiger partial charge < -0.3 is 0 Å². The molecule has 0 fully saturated rings. The predicted molar refractivity (Wildman–Crippen MR) is 6.34 cm³/mol. The first-order valence-electron chi connectivity index (χ1n) is 0.365. The zero-order chi connectivity index (χ0) is 2.71. The van der Waals surface area contributed by atoms with Crippen molar-refractivity contribution < 1.29 is 68.2 Å². The van der Waals surface area contributed by atoms with Crippen LogP contribution in [0.1, 0.15) is 0 Å². The number of rotatable bonds is 0. The van der Waals surface area contributed by atoms with Gasteiger partial charge in [0.25, 0.3) is 0 Å². The molecule has 0 heterocycles. The van der Waals surface area contributed by atoms with E-state index in [1.54, 1.807) is 0 Å². The summed E-state index contributed by atoms with van der Waals surface area (Å²) in [6.07, 6.45) is 0. The Kier molecular flexibility index (Phi) is 56.1. The van der Waals surface area contributed by atoms with E-state index < -0.39 is 0 Å². The zero-order valence-electron chi connectivity index (χ0n) is 2.23. The van der Waals surface area contributed by atoms with E-state index in [1.165, 1.54) is 0 Å². The molecule has 0 aliphatic rings. The summed E-state index contributed by atoms with van der Waals surface area (Å²) in [6, 6.07) is 0. The molecule has 1 radical (unpaired) electrons. The fourth-order valence-corrected chi connectivity index (χ4v) is 0. The molecular weight excluding hydrogens is 243 g/mol. The monoisotopic (exact) mass is 245 g/mol. The first-order valence-corrected chi connectivity index (χ1v) is 0.365. The van der Waals surface area contributed by atoms with Crippen LogP contribution in [0.2, 0.25) is 0 Å². The van der Waals surface area contributed by atoms with Crippen molar-refractivity contribution >= 4 is 0 Å². The van der Waals surface area contributed by atoms with Crippen LogP contribution < -0.4 is 0 Å². The molecule has 0 aromatic heterocycles. The van der Waals surface area contributed by atoms with Crippen LogP contribution in [0.25, 0.3) is 0 Å². The van der Waals surface area contributed by atoms with Crippen molar-refractivity contribution in [1.82, 2.24) is 0 Å². The summed E-state index contributed by atoms with van der Waals surface area (Å²) in [5, 5.41) is 15.5. The molecular formula is H2FeLaO3. The van der Waals surface area contributed by atoms with Gasteiger partial charge in [-0.2, -0.15) is 0 Å². The summed E-state index contributed by atoms with van der Waals surface area (Å²) in [6.45, 7) is 0. The largest absolute Gasteiger partial charge is 0.221 e. The van der Waals surface area contributed by atoms with E-state index in [0.29, 0.717) is 0 Å². The van der Waals surface area contributed by atoms with Crippen LogP contribution in [-0.2, 0) is 22.1 Å². The molecule has 31 valence electrons. The Balaban J connectivity index is -0.0000000200. The average Bonchev–Trinajstić information content (AvgIpc) is 0.918. The summed E-state index contributed by atoms with van der Waals surface area (Å²) in [5.41, 5.74) is 0. The van der Waals surface area contributed by atoms with Gasteiger partial charge in [0.05, 0.1) is 0 Å². The Labute approximate surface area is 67.6 Å². The molecule has 0 aliphatic heterocycles. The Morgan fingerprint density at radius 3 is 1.20 bits per heavy atom. The van der Waals surface area contributed by atoms with E-state index in [0.717, 1.165) is 0 Å². The Morgan fingerprint density at radius 2 is 1.20 bits per heavy atom. The summed E-state index contributed by atoms with van der Waals surface area (Å²) in [5.74, 6) is 0. The maximum Gasteiger partial charge on any atom is 0 e. The zero-order valence-corrected chi connectivity index (χ0v) is 6.96. The molecule has 0 amide bonds. The number of hydrogen-bond donors (Lipinski definition) is 2. The third-order valence-corrected chi connectivity index (χ3v) is 0. The van der Waals surface area contributed by atoms with E-state index in [2.05, 4.69) is 5.04 Å². The molecule has 0 unspecified atom stereocenters. The van der Waals surface area contributed by atoms with E-state index >= 15 is 0 Å². The first kappa shape index (κ1) is 16.0. The minimum absolute atomic E-state index is 0. The van der Waals surface area contributed by atoms with Crippen LogP contribution in [0.5, 0.6) is 0 Å². The molecule has 0 saturated heterocycles. The molecule has 5 heteroatoms. The molecule has 0 aromatic rings. The molecule has 0 aromatic carbocycles. The van der Waals surface area contributed by atoms with Crippen LogP contribution in [0.15, 0.2) is 0 Å². The minimum atomic E-state index is 0. The van der Waals surface area contributed by atoms with E-state index in [1.807, 2.05) is 0 Å². The molecule has 0 aliphatic carbocycles. The van der Waals surface area contributed by atoms with Gasteiger partial charge in [-0.3, -0.25) is 0 Å². The van der Waals surface area contributed by atoms with Crippen molar-refractivity contribution in [2.45, 2.75) is 0 Å². The van der Waals surface area contributed by atoms with E-state index in [-0.39, 0.29) is 52.7 Å². The molecule has 5 heavy (non-hydrogen) atoms. The fraction of sp³-hybridized carbons (Fsp3) is 0. The summed E-state index contributed by atoms with van der Waals surface area (Å²) in [7, 11) is 0. The van der Waals surface area contributed by atoms with Crippen LogP contribution in [0.3, 0.4) is 0 Å². The van der Waals surface area contributed by atoms with Crippen molar-refractivity contribution in [3.05, 3.63) is 0 Å². The van der Waals surface area contributed by atoms with E-state index in [9.17, 15) is 0 Å². The molecule has 3 nitrogen and oxygen atoms in total. The van der Waals surface area contributed by atoms with Gasteiger partial charge in [-0.1, -0.05) is 5.04 Å². The van der Waals surface area contributed by atoms with Crippen molar-refractivity contribution in [2.24, 2.45) is 0 Å². The average molecular weight is 245 g/mol. The van der Waals surface area contributed by atoms with Crippen LogP contribution >= 0.6 is 0 Å². The predicted octanol–water partition coefficient (Wildman–Crippen LogP) is -0.0535. The Bertz CT molecular complexity index is 6.85. The Hall–Kier alpha value is 1.59. The normalized spacial score (nSPS) is 3.60. The van der Waals surface area contributed by atoms with Gasteiger partial charge in [-0.25, -0.2) is 10.5 Å². The maximum atomic E-state index is 6.62. The van der Waals surface area contributed by atoms with Crippen molar-refractivity contribution in [3.63, 3.8) is 0 Å². The maximum absolute atomic E-state index is 6.62. The summed E-state index contributed by atoms with van der Waals surface area (Å²) in [4.78, 5) is 0. The number of hydrogen-bond acceptors (Lipinski definition) is 3. The van der Waals surface area contributed by atoms with E-state index in [4.69, 9.17) is 10.5 Å². The van der Waals surface area contributed by atoms with Gasteiger partial charge in [0.15, 0.2) is 0 Å². The van der Waals surface area contributed by atoms with Crippen LogP contribution in [0, 0.1) is 35.6 Å². The van der Waals surface area contributed by atoms with Crippen LogP contribution in [0.4, 0.5) is 0 Å². The molecule has 0 atom stereocenters. The third-order valence-electron chi connectivity index (χ3n) is 0. The summed E-state index contributed by atoms with van der Waals surface area (Å²) >= 11 is 0. The molecule has 0 spiro atoms. The SMILES string of the molecule is OOO.[Fe].[La]. The van der Waals surface area contributed by atoms with Gasteiger partial charge >= 0.3 is 0 Å². The topological polar surface area (TPSA) is 49.7 Å². The minimum Gasteiger partial charge on any atom is -0.221 e. The molecule has 0 rings (SSSR count). The standard InChI is InChI=1S/Fe.La.H2O3/c;;1-3-2/h;;1-2H. The van der Waals surface area contributed by atoms with Crippen LogP contribution in [-0.4, -0.2) is 10.5 Å². The molecule has 2 N–H and O–H groups in total. The summed E-state index contributed by atoms with van der Waals surface area (Å²) < 4.78 is 0. The fourth-order valence-electron chi connectivity index (χ4n) is 0. The molecule has 0 bridgehead atoms.